The average molecular weight is 221 g/mol. The minimum absolute atomic E-state index is 0.102. The molecule has 0 amide bonds. The summed E-state index contributed by atoms with van der Waals surface area (Å²) in [6, 6.07) is 0. The van der Waals surface area contributed by atoms with Crippen molar-refractivity contribution in [3.63, 3.8) is 0 Å². The van der Waals surface area contributed by atoms with Crippen LogP contribution >= 0.6 is 0 Å². The van der Waals surface area contributed by atoms with Gasteiger partial charge in [-0.3, -0.25) is 4.79 Å². The lowest BCUT2D eigenvalue weighted by molar-refractivity contribution is -0.154. The van der Waals surface area contributed by atoms with Crippen molar-refractivity contribution in [2.45, 2.75) is 32.8 Å². The summed E-state index contributed by atoms with van der Waals surface area (Å²) in [6.45, 7) is 8.48. The van der Waals surface area contributed by atoms with E-state index < -0.39 is 21.4 Å². The maximum absolute atomic E-state index is 11.1. The number of sulfone groups is 1. The molecular weight excluding hydrogens is 204 g/mol. The number of hydrogen-bond acceptors (Lipinski definition) is 4. The highest BCUT2D eigenvalue weighted by Crippen LogP contribution is 2.08. The predicted octanol–water partition coefficient (Wildman–Crippen LogP) is 0.967. The zero-order chi connectivity index (χ0) is 11.4. The maximum atomic E-state index is 11.1. The molecule has 0 bridgehead atoms. The van der Waals surface area contributed by atoms with Crippen molar-refractivity contribution < 1.29 is 17.9 Å². The highest BCUT2D eigenvalue weighted by Gasteiger charge is 2.18. The van der Waals surface area contributed by atoms with Crippen LogP contribution in [0, 0.1) is 6.92 Å². The molecule has 0 fully saturated rings. The van der Waals surface area contributed by atoms with Crippen LogP contribution in [0.3, 0.4) is 0 Å². The van der Waals surface area contributed by atoms with Crippen molar-refractivity contribution in [2.24, 2.45) is 0 Å². The first-order chi connectivity index (χ1) is 6.16. The molecule has 0 aromatic rings. The molecule has 14 heavy (non-hydrogen) atoms. The van der Waals surface area contributed by atoms with Crippen LogP contribution in [0.15, 0.2) is 0 Å². The number of rotatable bonds is 4. The van der Waals surface area contributed by atoms with Crippen LogP contribution in [0.2, 0.25) is 0 Å². The molecule has 0 unspecified atom stereocenters. The smallest absolute Gasteiger partial charge is 0.307 e. The predicted molar refractivity (Wildman–Crippen MR) is 54.5 cm³/mol. The van der Waals surface area contributed by atoms with Crippen LogP contribution in [0.5, 0.6) is 0 Å². The highest BCUT2D eigenvalue weighted by atomic mass is 32.2. The fourth-order valence-electron chi connectivity index (χ4n) is 0.733. The third-order valence-electron chi connectivity index (χ3n) is 1.35. The lowest BCUT2D eigenvalue weighted by Crippen LogP contribution is -2.25. The quantitative estimate of drug-likeness (QED) is 0.664. The summed E-state index contributed by atoms with van der Waals surface area (Å²) in [5.41, 5.74) is -0.564. The van der Waals surface area contributed by atoms with E-state index in [-0.39, 0.29) is 17.9 Å². The summed E-state index contributed by atoms with van der Waals surface area (Å²) in [4.78, 5) is 11.1. The summed E-state index contributed by atoms with van der Waals surface area (Å²) < 4.78 is 27.0. The molecule has 5 heteroatoms. The lowest BCUT2D eigenvalue weighted by Gasteiger charge is -2.19. The molecule has 0 aromatic carbocycles. The van der Waals surface area contributed by atoms with Gasteiger partial charge in [-0.1, -0.05) is 0 Å². The summed E-state index contributed by atoms with van der Waals surface area (Å²) in [5, 5.41) is 0. The van der Waals surface area contributed by atoms with Gasteiger partial charge in [0, 0.05) is 0 Å². The molecule has 0 aliphatic carbocycles. The van der Waals surface area contributed by atoms with Gasteiger partial charge in [0.15, 0.2) is 9.84 Å². The van der Waals surface area contributed by atoms with Crippen LogP contribution in [0.4, 0.5) is 0 Å². The monoisotopic (exact) mass is 221 g/mol. The van der Waals surface area contributed by atoms with Gasteiger partial charge in [-0.15, -0.1) is 0 Å². The van der Waals surface area contributed by atoms with Gasteiger partial charge in [-0.05, 0) is 27.7 Å². The Labute approximate surface area is 85.6 Å². The van der Waals surface area contributed by atoms with Crippen LogP contribution in [0.1, 0.15) is 27.2 Å². The molecule has 0 aromatic heterocycles. The van der Waals surface area contributed by atoms with E-state index in [0.717, 1.165) is 0 Å². The minimum atomic E-state index is -3.18. The third kappa shape index (κ3) is 6.88. The van der Waals surface area contributed by atoms with Crippen molar-refractivity contribution in [1.82, 2.24) is 0 Å². The standard InChI is InChI=1S/C9H17O4S/c1-5-14(11,12)7-6-8(10)13-9(2,3)4/h1,5-7H2,2-4H3. The van der Waals surface area contributed by atoms with E-state index in [0.29, 0.717) is 0 Å². The Hall–Kier alpha value is -0.580. The molecule has 4 nitrogen and oxygen atoms in total. The molecular formula is C9H17O4S. The largest absolute Gasteiger partial charge is 0.460 e. The topological polar surface area (TPSA) is 60.4 Å². The zero-order valence-electron chi connectivity index (χ0n) is 8.87. The normalized spacial score (nSPS) is 12.6. The maximum Gasteiger partial charge on any atom is 0.307 e. The van der Waals surface area contributed by atoms with Gasteiger partial charge >= 0.3 is 5.97 Å². The Balaban J connectivity index is 4.00. The Bertz CT molecular complexity index is 284. The fraction of sp³-hybridized carbons (Fsp3) is 0.778. The minimum Gasteiger partial charge on any atom is -0.460 e. The van der Waals surface area contributed by atoms with Gasteiger partial charge in [-0.25, -0.2) is 8.42 Å². The van der Waals surface area contributed by atoms with Gasteiger partial charge in [0.1, 0.15) is 5.60 Å². The summed E-state index contributed by atoms with van der Waals surface area (Å²) in [6.07, 6.45) is -0.102. The molecule has 0 aliphatic heterocycles. The second kappa shape index (κ2) is 4.77. The Morgan fingerprint density at radius 3 is 2.21 bits per heavy atom. The van der Waals surface area contributed by atoms with Crippen molar-refractivity contribution >= 4 is 15.8 Å². The lowest BCUT2D eigenvalue weighted by atomic mass is 10.2. The van der Waals surface area contributed by atoms with Gasteiger partial charge in [0.2, 0.25) is 0 Å². The number of hydrogen-bond donors (Lipinski definition) is 0. The first-order valence-corrected chi connectivity index (χ1v) is 6.20. The zero-order valence-corrected chi connectivity index (χ0v) is 9.69. The van der Waals surface area contributed by atoms with Gasteiger partial charge in [-0.2, -0.15) is 0 Å². The average Bonchev–Trinajstić information content (AvgIpc) is 1.98. The van der Waals surface area contributed by atoms with Gasteiger partial charge in [0.25, 0.3) is 0 Å². The molecule has 0 atom stereocenters. The molecule has 1 radical (unpaired) electrons. The van der Waals surface area contributed by atoms with Crippen molar-refractivity contribution in [3.8, 4) is 0 Å². The van der Waals surface area contributed by atoms with Crippen LogP contribution in [0.25, 0.3) is 0 Å². The van der Waals surface area contributed by atoms with Crippen molar-refractivity contribution in [2.75, 3.05) is 11.5 Å². The van der Waals surface area contributed by atoms with E-state index in [4.69, 9.17) is 4.74 Å². The number of carbonyl (C=O) groups excluding carboxylic acids is 1. The molecule has 0 rings (SSSR count). The Kier molecular flexibility index (Phi) is 4.58. The first kappa shape index (κ1) is 13.4. The van der Waals surface area contributed by atoms with E-state index in [2.05, 4.69) is 6.92 Å². The highest BCUT2D eigenvalue weighted by molar-refractivity contribution is 7.91. The van der Waals surface area contributed by atoms with Crippen LogP contribution in [-0.2, 0) is 19.4 Å². The molecule has 0 N–H and O–H groups in total. The Morgan fingerprint density at radius 1 is 1.36 bits per heavy atom. The third-order valence-corrected chi connectivity index (χ3v) is 2.80. The molecule has 0 heterocycles. The molecule has 83 valence electrons. The van der Waals surface area contributed by atoms with Crippen molar-refractivity contribution in [3.05, 3.63) is 6.92 Å². The number of carbonyl (C=O) groups is 1. The molecule has 0 saturated heterocycles. The molecule has 0 saturated carbocycles. The van der Waals surface area contributed by atoms with Gasteiger partial charge < -0.3 is 4.74 Å². The van der Waals surface area contributed by atoms with E-state index >= 15 is 0 Å². The SMILES string of the molecule is [CH2]CS(=O)(=O)CCC(=O)OC(C)(C)C. The summed E-state index contributed by atoms with van der Waals surface area (Å²) in [5.74, 6) is -0.865. The molecule has 0 aliphatic rings. The Morgan fingerprint density at radius 2 is 1.86 bits per heavy atom. The fourth-order valence-corrected chi connectivity index (χ4v) is 1.42. The van der Waals surface area contributed by atoms with Crippen LogP contribution < -0.4 is 0 Å². The van der Waals surface area contributed by atoms with Crippen LogP contribution in [-0.4, -0.2) is 31.5 Å². The van der Waals surface area contributed by atoms with Gasteiger partial charge in [0.05, 0.1) is 17.9 Å². The van der Waals surface area contributed by atoms with E-state index in [1.165, 1.54) is 0 Å². The van der Waals surface area contributed by atoms with E-state index in [1.54, 1.807) is 20.8 Å². The summed E-state index contributed by atoms with van der Waals surface area (Å²) >= 11 is 0. The van der Waals surface area contributed by atoms with E-state index in [1.807, 2.05) is 0 Å². The van der Waals surface area contributed by atoms with E-state index in [9.17, 15) is 13.2 Å². The number of esters is 1. The second-order valence-corrected chi connectivity index (χ2v) is 6.29. The molecule has 0 spiro atoms. The summed E-state index contributed by atoms with van der Waals surface area (Å²) in [7, 11) is -3.18. The second-order valence-electron chi connectivity index (χ2n) is 3.99. The number of ether oxygens (including phenoxy) is 1. The first-order valence-electron chi connectivity index (χ1n) is 4.38. The van der Waals surface area contributed by atoms with Crippen molar-refractivity contribution in [1.29, 1.82) is 0 Å².